The number of rotatable bonds is 9. The molecule has 0 bridgehead atoms. The largest absolute Gasteiger partial charge is 0.376 e. The summed E-state index contributed by atoms with van der Waals surface area (Å²) in [5, 5.41) is 5.75. The predicted octanol–water partition coefficient (Wildman–Crippen LogP) is 2.83. The Labute approximate surface area is 149 Å². The molecular weight excluding hydrogens is 316 g/mol. The zero-order valence-corrected chi connectivity index (χ0v) is 14.8. The lowest BCUT2D eigenvalue weighted by molar-refractivity contribution is 0.0220. The van der Waals surface area contributed by atoms with Crippen LogP contribution in [-0.4, -0.2) is 37.6 Å². The van der Waals surface area contributed by atoms with Crippen molar-refractivity contribution in [3.8, 4) is 0 Å². The third-order valence-corrected chi connectivity index (χ3v) is 5.08. The van der Waals surface area contributed by atoms with Crippen LogP contribution in [0.1, 0.15) is 71.2 Å². The summed E-state index contributed by atoms with van der Waals surface area (Å²) in [6.45, 7) is 2.83. The van der Waals surface area contributed by atoms with E-state index in [2.05, 4.69) is 10.6 Å². The fourth-order valence-electron chi connectivity index (χ4n) is 3.70. The lowest BCUT2D eigenvalue weighted by Gasteiger charge is -2.23. The lowest BCUT2D eigenvalue weighted by atomic mass is 9.97. The third-order valence-electron chi connectivity index (χ3n) is 5.08. The molecule has 0 aliphatic carbocycles. The molecule has 5 heteroatoms. The van der Waals surface area contributed by atoms with E-state index in [1.165, 1.54) is 32.1 Å². The molecule has 1 atom stereocenters. The van der Waals surface area contributed by atoms with Gasteiger partial charge in [0.15, 0.2) is 0 Å². The number of hydrogen-bond donors (Lipinski definition) is 2. The van der Waals surface area contributed by atoms with Gasteiger partial charge in [0.2, 0.25) is 0 Å². The van der Waals surface area contributed by atoms with Gasteiger partial charge in [0.1, 0.15) is 0 Å². The highest BCUT2D eigenvalue weighted by molar-refractivity contribution is 6.22. The Morgan fingerprint density at radius 2 is 1.80 bits per heavy atom. The number of ether oxygens (including phenoxy) is 1. The van der Waals surface area contributed by atoms with Crippen molar-refractivity contribution in [3.05, 3.63) is 34.9 Å². The average Bonchev–Trinajstić information content (AvgIpc) is 2.93. The minimum absolute atomic E-state index is 0.241. The first kappa shape index (κ1) is 18.1. The molecule has 3 rings (SSSR count). The molecule has 2 aliphatic heterocycles. The molecule has 1 aromatic rings. The topological polar surface area (TPSA) is 67.4 Å². The number of benzene rings is 1. The van der Waals surface area contributed by atoms with Crippen molar-refractivity contribution in [1.82, 2.24) is 10.6 Å². The molecule has 25 heavy (non-hydrogen) atoms. The minimum Gasteiger partial charge on any atom is -0.376 e. The molecule has 2 heterocycles. The number of imide groups is 1. The van der Waals surface area contributed by atoms with Gasteiger partial charge in [-0.25, -0.2) is 0 Å². The number of morpholine rings is 1. The van der Waals surface area contributed by atoms with E-state index in [0.717, 1.165) is 44.5 Å². The van der Waals surface area contributed by atoms with Crippen molar-refractivity contribution in [3.63, 3.8) is 0 Å². The molecule has 5 nitrogen and oxygen atoms in total. The van der Waals surface area contributed by atoms with Crippen LogP contribution in [0.5, 0.6) is 0 Å². The normalized spacial score (nSPS) is 19.8. The second-order valence-corrected chi connectivity index (χ2v) is 6.98. The summed E-state index contributed by atoms with van der Waals surface area (Å²) in [7, 11) is 0. The molecule has 0 radical (unpaired) electrons. The second kappa shape index (κ2) is 9.11. The summed E-state index contributed by atoms with van der Waals surface area (Å²) in [4.78, 5) is 23.6. The van der Waals surface area contributed by atoms with Gasteiger partial charge in [0.05, 0.1) is 23.8 Å². The zero-order valence-electron chi connectivity index (χ0n) is 14.8. The van der Waals surface area contributed by atoms with E-state index in [4.69, 9.17) is 4.74 Å². The van der Waals surface area contributed by atoms with Crippen molar-refractivity contribution >= 4 is 11.8 Å². The molecule has 1 saturated heterocycles. The van der Waals surface area contributed by atoms with Crippen molar-refractivity contribution in [1.29, 1.82) is 0 Å². The number of fused-ring (bicyclic) bond motifs is 1. The Morgan fingerprint density at radius 3 is 2.60 bits per heavy atom. The molecule has 1 fully saturated rings. The molecule has 1 aromatic carbocycles. The van der Waals surface area contributed by atoms with E-state index >= 15 is 0 Å². The van der Waals surface area contributed by atoms with Gasteiger partial charge < -0.3 is 10.1 Å². The first-order valence-electron chi connectivity index (χ1n) is 9.55. The number of carbonyl (C=O) groups is 2. The first-order valence-corrected chi connectivity index (χ1v) is 9.55. The Bertz CT molecular complexity index is 609. The summed E-state index contributed by atoms with van der Waals surface area (Å²) in [6.07, 6.45) is 9.64. The van der Waals surface area contributed by atoms with E-state index in [0.29, 0.717) is 17.2 Å². The van der Waals surface area contributed by atoms with Crippen molar-refractivity contribution in [2.75, 3.05) is 19.7 Å². The minimum atomic E-state index is -0.265. The smallest absolute Gasteiger partial charge is 0.259 e. The van der Waals surface area contributed by atoms with Crippen LogP contribution in [-0.2, 0) is 11.2 Å². The SMILES string of the molecule is O=C1NC(=O)c2c(CCCCCCCCC3CNCCO3)cccc21. The fourth-order valence-corrected chi connectivity index (χ4v) is 3.70. The maximum absolute atomic E-state index is 11.9. The van der Waals surface area contributed by atoms with Crippen LogP contribution >= 0.6 is 0 Å². The summed E-state index contributed by atoms with van der Waals surface area (Å²) in [5.41, 5.74) is 2.12. The van der Waals surface area contributed by atoms with Gasteiger partial charge in [-0.3, -0.25) is 14.9 Å². The Hall–Kier alpha value is -1.72. The van der Waals surface area contributed by atoms with Crippen LogP contribution in [0.2, 0.25) is 0 Å². The number of nitrogens with one attached hydrogen (secondary N) is 2. The van der Waals surface area contributed by atoms with E-state index in [1.54, 1.807) is 6.07 Å². The highest BCUT2D eigenvalue weighted by Gasteiger charge is 2.28. The molecule has 2 N–H and O–H groups in total. The maximum atomic E-state index is 11.9. The fraction of sp³-hybridized carbons (Fsp3) is 0.600. The first-order chi connectivity index (χ1) is 12.3. The highest BCUT2D eigenvalue weighted by Crippen LogP contribution is 2.22. The van der Waals surface area contributed by atoms with Crippen LogP contribution in [0.15, 0.2) is 18.2 Å². The maximum Gasteiger partial charge on any atom is 0.259 e. The van der Waals surface area contributed by atoms with E-state index in [9.17, 15) is 9.59 Å². The molecule has 0 aromatic heterocycles. The van der Waals surface area contributed by atoms with Crippen molar-refractivity contribution in [2.45, 2.75) is 57.5 Å². The van der Waals surface area contributed by atoms with Crippen LogP contribution in [0.3, 0.4) is 0 Å². The standard InChI is InChI=1S/C20H28N2O3/c23-19-17-11-7-9-15(18(17)20(24)22-19)8-5-3-1-2-4-6-10-16-14-21-12-13-25-16/h7,9,11,16,21H,1-6,8,10,12-14H2,(H,22,23,24). The quantitative estimate of drug-likeness (QED) is 0.534. The number of aryl methyl sites for hydroxylation is 1. The highest BCUT2D eigenvalue weighted by atomic mass is 16.5. The zero-order chi connectivity index (χ0) is 17.5. The van der Waals surface area contributed by atoms with Crippen LogP contribution in [0.25, 0.3) is 0 Å². The van der Waals surface area contributed by atoms with Gasteiger partial charge in [0, 0.05) is 13.1 Å². The predicted molar refractivity (Wildman–Crippen MR) is 96.9 cm³/mol. The van der Waals surface area contributed by atoms with E-state index < -0.39 is 0 Å². The second-order valence-electron chi connectivity index (χ2n) is 6.98. The summed E-state index contributed by atoms with van der Waals surface area (Å²) >= 11 is 0. The Morgan fingerprint density at radius 1 is 1.00 bits per heavy atom. The third kappa shape index (κ3) is 4.89. The number of unbranched alkanes of at least 4 members (excludes halogenated alkanes) is 5. The van der Waals surface area contributed by atoms with E-state index in [1.807, 2.05) is 12.1 Å². The van der Waals surface area contributed by atoms with Gasteiger partial charge in [-0.15, -0.1) is 0 Å². The molecule has 1 unspecified atom stereocenters. The summed E-state index contributed by atoms with van der Waals surface area (Å²) in [5.74, 6) is -0.506. The van der Waals surface area contributed by atoms with E-state index in [-0.39, 0.29) is 11.8 Å². The van der Waals surface area contributed by atoms with Gasteiger partial charge in [0.25, 0.3) is 11.8 Å². The number of amides is 2. The number of hydrogen-bond acceptors (Lipinski definition) is 4. The monoisotopic (exact) mass is 344 g/mol. The Balaban J connectivity index is 1.29. The van der Waals surface area contributed by atoms with Gasteiger partial charge in [-0.2, -0.15) is 0 Å². The molecule has 2 amide bonds. The molecule has 2 aliphatic rings. The molecule has 136 valence electrons. The molecule has 0 spiro atoms. The van der Waals surface area contributed by atoms with Gasteiger partial charge >= 0.3 is 0 Å². The summed E-state index contributed by atoms with van der Waals surface area (Å²) in [6, 6.07) is 5.56. The average molecular weight is 344 g/mol. The Kier molecular flexibility index (Phi) is 6.59. The van der Waals surface area contributed by atoms with Gasteiger partial charge in [-0.05, 0) is 30.9 Å². The lowest BCUT2D eigenvalue weighted by Crippen LogP contribution is -2.38. The van der Waals surface area contributed by atoms with Crippen molar-refractivity contribution < 1.29 is 14.3 Å². The molecule has 0 saturated carbocycles. The number of carbonyl (C=O) groups excluding carboxylic acids is 2. The van der Waals surface area contributed by atoms with Crippen LogP contribution < -0.4 is 10.6 Å². The van der Waals surface area contributed by atoms with Crippen LogP contribution in [0.4, 0.5) is 0 Å². The van der Waals surface area contributed by atoms with Crippen molar-refractivity contribution in [2.24, 2.45) is 0 Å². The summed E-state index contributed by atoms with van der Waals surface area (Å²) < 4.78 is 5.71. The van der Waals surface area contributed by atoms with Gasteiger partial charge in [-0.1, -0.05) is 44.2 Å². The van der Waals surface area contributed by atoms with Crippen LogP contribution in [0, 0.1) is 0 Å². The molecular formula is C20H28N2O3.